The van der Waals surface area contributed by atoms with Gasteiger partial charge < -0.3 is 4.74 Å². The largest absolute Gasteiger partial charge is 0.368 e. The van der Waals surface area contributed by atoms with E-state index in [0.717, 1.165) is 10.2 Å². The van der Waals surface area contributed by atoms with Crippen molar-refractivity contribution in [1.29, 1.82) is 0 Å². The summed E-state index contributed by atoms with van der Waals surface area (Å²) in [7, 11) is -3.53. The highest BCUT2D eigenvalue weighted by Crippen LogP contribution is 2.33. The number of nitrogens with zero attached hydrogens (tertiary/aromatic N) is 4. The molecular formula is C13H13BrN4O3S. The molecule has 1 fully saturated rings. The van der Waals surface area contributed by atoms with Crippen LogP contribution < -0.4 is 0 Å². The number of aromatic nitrogens is 3. The van der Waals surface area contributed by atoms with Gasteiger partial charge in [0.05, 0.1) is 35.5 Å². The molecule has 3 heterocycles. The Labute approximate surface area is 136 Å². The summed E-state index contributed by atoms with van der Waals surface area (Å²) >= 11 is 3.31. The monoisotopic (exact) mass is 384 g/mol. The average Bonchev–Trinajstić information content (AvgIpc) is 3.13. The summed E-state index contributed by atoms with van der Waals surface area (Å²) in [6.45, 7) is 1.10. The number of ether oxygens (including phenoxy) is 1. The van der Waals surface area contributed by atoms with Crippen LogP contribution in [0.2, 0.25) is 0 Å². The van der Waals surface area contributed by atoms with Gasteiger partial charge in [0.2, 0.25) is 10.0 Å². The second kappa shape index (κ2) is 5.12. The molecule has 0 aliphatic carbocycles. The van der Waals surface area contributed by atoms with Crippen LogP contribution in [-0.4, -0.2) is 46.9 Å². The summed E-state index contributed by atoms with van der Waals surface area (Å²) in [6, 6.07) is 6.53. The molecular weight excluding hydrogens is 372 g/mol. The number of halogens is 1. The lowest BCUT2D eigenvalue weighted by molar-refractivity contribution is -0.00389. The molecule has 0 N–H and O–H groups in total. The van der Waals surface area contributed by atoms with E-state index in [9.17, 15) is 8.42 Å². The van der Waals surface area contributed by atoms with Gasteiger partial charge in [-0.2, -0.15) is 4.31 Å². The van der Waals surface area contributed by atoms with E-state index in [1.807, 2.05) is 0 Å². The van der Waals surface area contributed by atoms with Gasteiger partial charge in [-0.25, -0.2) is 13.1 Å². The van der Waals surface area contributed by atoms with E-state index in [-0.39, 0.29) is 17.0 Å². The zero-order valence-electron chi connectivity index (χ0n) is 11.5. The number of rotatable bonds is 2. The Hall–Kier alpha value is -1.29. The molecule has 2 aliphatic rings. The lowest BCUT2D eigenvalue weighted by atomic mass is 10.2. The normalized spacial score (nSPS) is 25.0. The van der Waals surface area contributed by atoms with Gasteiger partial charge in [0.1, 0.15) is 0 Å². The zero-order chi connectivity index (χ0) is 15.3. The van der Waals surface area contributed by atoms with Crippen LogP contribution in [0.25, 0.3) is 0 Å². The summed E-state index contributed by atoms with van der Waals surface area (Å²) in [6.07, 6.45) is 1.47. The van der Waals surface area contributed by atoms with E-state index in [4.69, 9.17) is 4.74 Å². The van der Waals surface area contributed by atoms with Gasteiger partial charge in [-0.05, 0) is 24.3 Å². The van der Waals surface area contributed by atoms with E-state index in [1.165, 1.54) is 4.31 Å². The molecule has 2 aromatic rings. The Balaban J connectivity index is 1.64. The molecule has 2 aliphatic heterocycles. The van der Waals surface area contributed by atoms with Crippen LogP contribution in [0.5, 0.6) is 0 Å². The summed E-state index contributed by atoms with van der Waals surface area (Å²) in [4.78, 5) is 0.285. The Bertz CT molecular complexity index is 805. The van der Waals surface area contributed by atoms with Gasteiger partial charge >= 0.3 is 0 Å². The summed E-state index contributed by atoms with van der Waals surface area (Å²) in [5.74, 6) is 0. The van der Waals surface area contributed by atoms with Gasteiger partial charge in [-0.15, -0.1) is 5.10 Å². The van der Waals surface area contributed by atoms with E-state index in [1.54, 1.807) is 35.1 Å². The maximum atomic E-state index is 12.7. The molecule has 2 atom stereocenters. The highest BCUT2D eigenvalue weighted by atomic mass is 79.9. The molecule has 4 rings (SSSR count). The third kappa shape index (κ3) is 2.19. The Morgan fingerprint density at radius 2 is 2.00 bits per heavy atom. The highest BCUT2D eigenvalue weighted by molar-refractivity contribution is 9.10. The van der Waals surface area contributed by atoms with Crippen molar-refractivity contribution in [3.63, 3.8) is 0 Å². The first-order valence-corrected chi connectivity index (χ1v) is 9.05. The number of hydrogen-bond donors (Lipinski definition) is 0. The lowest BCUT2D eigenvalue weighted by Crippen LogP contribution is -2.32. The SMILES string of the molecule is O=S(=O)(c1ccc(Br)cc1)N1CC2OCc3cnnn3[C@@H]2C1. The van der Waals surface area contributed by atoms with Crippen LogP contribution in [0, 0.1) is 0 Å². The molecule has 0 bridgehead atoms. The predicted octanol–water partition coefficient (Wildman–Crippen LogP) is 1.18. The van der Waals surface area contributed by atoms with Crippen molar-refractivity contribution in [3.8, 4) is 0 Å². The molecule has 0 radical (unpaired) electrons. The fraction of sp³-hybridized carbons (Fsp3) is 0.385. The fourth-order valence-electron chi connectivity index (χ4n) is 2.91. The van der Waals surface area contributed by atoms with Crippen molar-refractivity contribution in [3.05, 3.63) is 40.6 Å². The van der Waals surface area contributed by atoms with Crippen LogP contribution in [0.15, 0.2) is 39.8 Å². The summed E-state index contributed by atoms with van der Waals surface area (Å²) in [5.41, 5.74) is 0.879. The quantitative estimate of drug-likeness (QED) is 0.776. The number of sulfonamides is 1. The average molecular weight is 385 g/mol. The van der Waals surface area contributed by atoms with Crippen molar-refractivity contribution >= 4 is 26.0 Å². The van der Waals surface area contributed by atoms with Gasteiger partial charge in [0, 0.05) is 17.6 Å². The zero-order valence-corrected chi connectivity index (χ0v) is 13.9. The molecule has 7 nitrogen and oxygen atoms in total. The van der Waals surface area contributed by atoms with Crippen LogP contribution in [0.1, 0.15) is 11.7 Å². The topological polar surface area (TPSA) is 77.3 Å². The minimum atomic E-state index is -3.53. The second-order valence-corrected chi connectivity index (χ2v) is 8.22. The van der Waals surface area contributed by atoms with Gasteiger partial charge in [0.15, 0.2) is 0 Å². The molecule has 1 unspecified atom stereocenters. The minimum absolute atomic E-state index is 0.114. The molecule has 22 heavy (non-hydrogen) atoms. The van der Waals surface area contributed by atoms with Crippen molar-refractivity contribution in [1.82, 2.24) is 19.3 Å². The number of fused-ring (bicyclic) bond motifs is 3. The van der Waals surface area contributed by atoms with Gasteiger partial charge in [-0.1, -0.05) is 21.1 Å². The molecule has 9 heteroatoms. The lowest BCUT2D eigenvalue weighted by Gasteiger charge is -2.25. The van der Waals surface area contributed by atoms with Crippen LogP contribution >= 0.6 is 15.9 Å². The van der Waals surface area contributed by atoms with Crippen molar-refractivity contribution in [2.75, 3.05) is 13.1 Å². The first kappa shape index (κ1) is 14.3. The molecule has 0 amide bonds. The molecule has 1 aromatic carbocycles. The smallest absolute Gasteiger partial charge is 0.243 e. The van der Waals surface area contributed by atoms with E-state index in [0.29, 0.717) is 19.7 Å². The van der Waals surface area contributed by atoms with E-state index >= 15 is 0 Å². The van der Waals surface area contributed by atoms with Crippen LogP contribution in [0.4, 0.5) is 0 Å². The highest BCUT2D eigenvalue weighted by Gasteiger charge is 2.44. The van der Waals surface area contributed by atoms with Crippen molar-refractivity contribution in [2.24, 2.45) is 0 Å². The summed E-state index contributed by atoms with van der Waals surface area (Å²) in [5, 5.41) is 7.94. The Morgan fingerprint density at radius 1 is 1.23 bits per heavy atom. The third-order valence-corrected chi connectivity index (χ3v) is 6.44. The Kier molecular flexibility index (Phi) is 3.33. The van der Waals surface area contributed by atoms with E-state index in [2.05, 4.69) is 26.2 Å². The number of hydrogen-bond acceptors (Lipinski definition) is 5. The maximum Gasteiger partial charge on any atom is 0.243 e. The van der Waals surface area contributed by atoms with Crippen molar-refractivity contribution in [2.45, 2.75) is 23.6 Å². The standard InChI is InChI=1S/C13H13BrN4O3S/c14-9-1-3-11(4-2-9)22(19,20)17-6-12-13(7-17)21-8-10-5-15-16-18(10)12/h1-5,12-13H,6-8H2/t12-,13?/m1/s1. The Morgan fingerprint density at radius 3 is 2.77 bits per heavy atom. The maximum absolute atomic E-state index is 12.7. The minimum Gasteiger partial charge on any atom is -0.368 e. The second-order valence-electron chi connectivity index (χ2n) is 5.36. The third-order valence-electron chi connectivity index (χ3n) is 4.06. The summed E-state index contributed by atoms with van der Waals surface area (Å²) < 4.78 is 35.3. The first-order valence-electron chi connectivity index (χ1n) is 6.82. The fourth-order valence-corrected chi connectivity index (χ4v) is 4.65. The van der Waals surface area contributed by atoms with Crippen molar-refractivity contribution < 1.29 is 13.2 Å². The number of benzene rings is 1. The molecule has 1 aromatic heterocycles. The van der Waals surface area contributed by atoms with Crippen LogP contribution in [-0.2, 0) is 21.4 Å². The van der Waals surface area contributed by atoms with Gasteiger partial charge in [-0.3, -0.25) is 0 Å². The molecule has 0 saturated carbocycles. The molecule has 0 spiro atoms. The van der Waals surface area contributed by atoms with E-state index < -0.39 is 10.0 Å². The molecule has 1 saturated heterocycles. The van der Waals surface area contributed by atoms with Crippen LogP contribution in [0.3, 0.4) is 0 Å². The molecule has 116 valence electrons. The predicted molar refractivity (Wildman–Crippen MR) is 80.5 cm³/mol. The van der Waals surface area contributed by atoms with Gasteiger partial charge in [0.25, 0.3) is 0 Å². The first-order chi connectivity index (χ1) is 10.6.